The van der Waals surface area contributed by atoms with Crippen LogP contribution in [-0.2, 0) is 7.05 Å². The van der Waals surface area contributed by atoms with E-state index in [9.17, 15) is 4.79 Å². The molecule has 0 aliphatic heterocycles. The summed E-state index contributed by atoms with van der Waals surface area (Å²) in [5, 5.41) is 0. The topological polar surface area (TPSA) is 34.9 Å². The zero-order valence-corrected chi connectivity index (χ0v) is 8.66. The van der Waals surface area contributed by atoms with E-state index in [4.69, 9.17) is 0 Å². The van der Waals surface area contributed by atoms with E-state index in [2.05, 4.69) is 4.98 Å². The van der Waals surface area contributed by atoms with Gasteiger partial charge in [0.2, 0.25) is 0 Å². The summed E-state index contributed by atoms with van der Waals surface area (Å²) >= 11 is 0. The Bertz CT molecular complexity index is 315. The van der Waals surface area contributed by atoms with Crippen LogP contribution in [0.1, 0.15) is 36.6 Å². The lowest BCUT2D eigenvalue weighted by Crippen LogP contribution is -2.14. The summed E-state index contributed by atoms with van der Waals surface area (Å²) < 4.78 is 1.84. The summed E-state index contributed by atoms with van der Waals surface area (Å²) in [5.74, 6) is 1.16. The Balaban J connectivity index is 2.95. The molecule has 1 unspecified atom stereocenters. The largest absolute Gasteiger partial charge is 0.329 e. The number of rotatable bonds is 3. The minimum Gasteiger partial charge on any atom is -0.329 e. The maximum absolute atomic E-state index is 11.7. The lowest BCUT2D eigenvalue weighted by Gasteiger charge is -2.07. The lowest BCUT2D eigenvalue weighted by molar-refractivity contribution is 0.0918. The summed E-state index contributed by atoms with van der Waals surface area (Å²) in [5.41, 5.74) is 0.715. The molecule has 0 fully saturated rings. The average molecular weight is 180 g/mol. The first kappa shape index (κ1) is 9.96. The van der Waals surface area contributed by atoms with Crippen molar-refractivity contribution in [2.75, 3.05) is 0 Å². The van der Waals surface area contributed by atoms with Crippen molar-refractivity contribution in [1.82, 2.24) is 9.55 Å². The third kappa shape index (κ3) is 1.79. The number of carbonyl (C=O) groups excluding carboxylic acids is 1. The van der Waals surface area contributed by atoms with Gasteiger partial charge in [0.1, 0.15) is 11.5 Å². The lowest BCUT2D eigenvalue weighted by atomic mass is 10.0. The highest BCUT2D eigenvalue weighted by Crippen LogP contribution is 2.11. The van der Waals surface area contributed by atoms with Gasteiger partial charge in [0, 0.05) is 13.0 Å². The van der Waals surface area contributed by atoms with Crippen molar-refractivity contribution in [3.8, 4) is 0 Å². The quantitative estimate of drug-likeness (QED) is 0.666. The standard InChI is InChI=1S/C10H16N2O/c1-5-7(2)10(13)9-6-11-8(3)12(9)4/h6-7H,5H2,1-4H3. The maximum Gasteiger partial charge on any atom is 0.183 e. The zero-order valence-electron chi connectivity index (χ0n) is 8.66. The Kier molecular flexibility index (Phi) is 2.86. The molecule has 0 saturated heterocycles. The van der Waals surface area contributed by atoms with Crippen LogP contribution in [0.3, 0.4) is 0 Å². The SMILES string of the molecule is CCC(C)C(=O)c1cnc(C)n1C. The Labute approximate surface area is 78.8 Å². The summed E-state index contributed by atoms with van der Waals surface area (Å²) in [4.78, 5) is 15.8. The summed E-state index contributed by atoms with van der Waals surface area (Å²) in [7, 11) is 1.87. The van der Waals surface area contributed by atoms with E-state index in [1.807, 2.05) is 32.4 Å². The van der Waals surface area contributed by atoms with Crippen molar-refractivity contribution in [2.24, 2.45) is 13.0 Å². The molecule has 0 spiro atoms. The fourth-order valence-corrected chi connectivity index (χ4v) is 1.17. The van der Waals surface area contributed by atoms with E-state index in [1.165, 1.54) is 0 Å². The van der Waals surface area contributed by atoms with Crippen molar-refractivity contribution in [1.29, 1.82) is 0 Å². The Morgan fingerprint density at radius 2 is 2.31 bits per heavy atom. The molecule has 0 bridgehead atoms. The Morgan fingerprint density at radius 1 is 1.69 bits per heavy atom. The molecule has 1 rings (SSSR count). The number of Topliss-reactive ketones (excluding diaryl/α,β-unsaturated/α-hetero) is 1. The van der Waals surface area contributed by atoms with Crippen molar-refractivity contribution in [3.63, 3.8) is 0 Å². The number of imidazole rings is 1. The molecule has 0 saturated carbocycles. The van der Waals surface area contributed by atoms with Crippen molar-refractivity contribution >= 4 is 5.78 Å². The van der Waals surface area contributed by atoms with Crippen LogP contribution in [0.15, 0.2) is 6.20 Å². The smallest absolute Gasteiger partial charge is 0.183 e. The molecule has 1 heterocycles. The van der Waals surface area contributed by atoms with Gasteiger partial charge in [-0.25, -0.2) is 4.98 Å². The Hall–Kier alpha value is -1.12. The predicted molar refractivity (Wildman–Crippen MR) is 51.7 cm³/mol. The fraction of sp³-hybridized carbons (Fsp3) is 0.600. The second-order valence-electron chi connectivity index (χ2n) is 3.42. The first-order valence-electron chi connectivity index (χ1n) is 4.60. The van der Waals surface area contributed by atoms with Gasteiger partial charge in [-0.05, 0) is 13.3 Å². The number of nitrogens with zero attached hydrogens (tertiary/aromatic N) is 2. The predicted octanol–water partition coefficient (Wildman–Crippen LogP) is 1.96. The molecule has 0 aliphatic rings. The van der Waals surface area contributed by atoms with Crippen LogP contribution >= 0.6 is 0 Å². The van der Waals surface area contributed by atoms with Gasteiger partial charge >= 0.3 is 0 Å². The molecule has 0 radical (unpaired) electrons. The van der Waals surface area contributed by atoms with Gasteiger partial charge in [0.25, 0.3) is 0 Å². The van der Waals surface area contributed by atoms with Crippen LogP contribution in [0, 0.1) is 12.8 Å². The second kappa shape index (κ2) is 3.73. The van der Waals surface area contributed by atoms with Crippen LogP contribution in [0.25, 0.3) is 0 Å². The molecule has 72 valence electrons. The van der Waals surface area contributed by atoms with Crippen LogP contribution in [0.2, 0.25) is 0 Å². The number of carbonyl (C=O) groups is 1. The molecule has 13 heavy (non-hydrogen) atoms. The van der Waals surface area contributed by atoms with Gasteiger partial charge in [-0.3, -0.25) is 4.79 Å². The molecule has 3 heteroatoms. The van der Waals surface area contributed by atoms with Gasteiger partial charge in [0.15, 0.2) is 5.78 Å². The number of hydrogen-bond acceptors (Lipinski definition) is 2. The van der Waals surface area contributed by atoms with Crippen molar-refractivity contribution in [3.05, 3.63) is 17.7 Å². The fourth-order valence-electron chi connectivity index (χ4n) is 1.17. The van der Waals surface area contributed by atoms with Gasteiger partial charge in [0.05, 0.1) is 6.20 Å². The summed E-state index contributed by atoms with van der Waals surface area (Å²) in [6.07, 6.45) is 2.53. The molecular weight excluding hydrogens is 164 g/mol. The van der Waals surface area contributed by atoms with E-state index in [0.717, 1.165) is 12.2 Å². The van der Waals surface area contributed by atoms with Gasteiger partial charge in [-0.2, -0.15) is 0 Å². The van der Waals surface area contributed by atoms with Crippen LogP contribution in [-0.4, -0.2) is 15.3 Å². The first-order chi connectivity index (χ1) is 6.07. The van der Waals surface area contributed by atoms with Crippen LogP contribution < -0.4 is 0 Å². The number of ketones is 1. The molecule has 0 aromatic carbocycles. The molecule has 0 aliphatic carbocycles. The molecule has 3 nitrogen and oxygen atoms in total. The molecule has 1 aromatic heterocycles. The highest BCUT2D eigenvalue weighted by atomic mass is 16.1. The minimum atomic E-state index is 0.0924. The normalized spacial score (nSPS) is 12.9. The molecule has 0 amide bonds. The van der Waals surface area contributed by atoms with E-state index in [0.29, 0.717) is 5.69 Å². The Morgan fingerprint density at radius 3 is 2.69 bits per heavy atom. The van der Waals surface area contributed by atoms with Crippen molar-refractivity contribution in [2.45, 2.75) is 27.2 Å². The molecule has 1 aromatic rings. The van der Waals surface area contributed by atoms with Gasteiger partial charge in [-0.15, -0.1) is 0 Å². The number of aryl methyl sites for hydroxylation is 1. The van der Waals surface area contributed by atoms with E-state index >= 15 is 0 Å². The highest BCUT2D eigenvalue weighted by Gasteiger charge is 2.17. The maximum atomic E-state index is 11.7. The summed E-state index contributed by atoms with van der Waals surface area (Å²) in [6, 6.07) is 0. The van der Waals surface area contributed by atoms with E-state index < -0.39 is 0 Å². The number of hydrogen-bond donors (Lipinski definition) is 0. The van der Waals surface area contributed by atoms with Crippen molar-refractivity contribution < 1.29 is 4.79 Å². The van der Waals surface area contributed by atoms with Gasteiger partial charge in [-0.1, -0.05) is 13.8 Å². The molecular formula is C10H16N2O. The third-order valence-electron chi connectivity index (χ3n) is 2.53. The third-order valence-corrected chi connectivity index (χ3v) is 2.53. The van der Waals surface area contributed by atoms with Crippen LogP contribution in [0.5, 0.6) is 0 Å². The average Bonchev–Trinajstić information content (AvgIpc) is 2.45. The highest BCUT2D eigenvalue weighted by molar-refractivity contribution is 5.96. The van der Waals surface area contributed by atoms with E-state index in [1.54, 1.807) is 6.20 Å². The second-order valence-corrected chi connectivity index (χ2v) is 3.42. The zero-order chi connectivity index (χ0) is 10.0. The minimum absolute atomic E-state index is 0.0924. The van der Waals surface area contributed by atoms with E-state index in [-0.39, 0.29) is 11.7 Å². The monoisotopic (exact) mass is 180 g/mol. The number of aromatic nitrogens is 2. The first-order valence-corrected chi connectivity index (χ1v) is 4.60. The van der Waals surface area contributed by atoms with Gasteiger partial charge < -0.3 is 4.57 Å². The molecule has 0 N–H and O–H groups in total. The van der Waals surface area contributed by atoms with Crippen LogP contribution in [0.4, 0.5) is 0 Å². The molecule has 1 atom stereocenters. The summed E-state index contributed by atoms with van der Waals surface area (Å²) in [6.45, 7) is 5.86.